The third-order valence-corrected chi connectivity index (χ3v) is 4.96. The Morgan fingerprint density at radius 2 is 2.00 bits per heavy atom. The van der Waals surface area contributed by atoms with Gasteiger partial charge in [0.2, 0.25) is 0 Å². The lowest BCUT2D eigenvalue weighted by molar-refractivity contribution is 0.0935. The molecule has 0 saturated heterocycles. The second-order valence-electron chi connectivity index (χ2n) is 5.39. The molecule has 1 N–H and O–H groups in total. The maximum absolute atomic E-state index is 12.7. The molecule has 24 heavy (non-hydrogen) atoms. The largest absolute Gasteiger partial charge is 0.383 e. The molecule has 1 aliphatic rings. The molecule has 3 rings (SSSR count). The fraction of sp³-hybridized carbons (Fsp3) is 0.222. The number of fused-ring (bicyclic) bond motifs is 2. The van der Waals surface area contributed by atoms with Gasteiger partial charge in [-0.05, 0) is 30.3 Å². The molecule has 0 aromatic heterocycles. The predicted molar refractivity (Wildman–Crippen MR) is 93.9 cm³/mol. The Bertz CT molecular complexity index is 792. The van der Waals surface area contributed by atoms with Crippen molar-refractivity contribution >= 4 is 29.3 Å². The summed E-state index contributed by atoms with van der Waals surface area (Å²) in [6.45, 7) is 0.904. The minimum atomic E-state index is -0.178. The lowest BCUT2D eigenvalue weighted by atomic mass is 10.1. The Morgan fingerprint density at radius 1 is 1.21 bits per heavy atom. The van der Waals surface area contributed by atoms with E-state index in [-0.39, 0.29) is 11.8 Å². The van der Waals surface area contributed by atoms with Crippen LogP contribution in [0.1, 0.15) is 20.7 Å². The first-order valence-corrected chi connectivity index (χ1v) is 8.39. The third kappa shape index (κ3) is 3.16. The summed E-state index contributed by atoms with van der Waals surface area (Å²) in [5.74, 6) is -0.253. The quantitative estimate of drug-likeness (QED) is 0.868. The molecule has 1 heterocycles. The first-order valence-electron chi connectivity index (χ1n) is 7.58. The van der Waals surface area contributed by atoms with Crippen molar-refractivity contribution < 1.29 is 14.3 Å². The number of ether oxygens (including phenoxy) is 1. The number of carbonyl (C=O) groups is 2. The maximum atomic E-state index is 12.7. The number of rotatable bonds is 4. The van der Waals surface area contributed by atoms with Crippen molar-refractivity contribution in [3.05, 3.63) is 53.6 Å². The van der Waals surface area contributed by atoms with Gasteiger partial charge >= 0.3 is 0 Å². The molecule has 124 valence electrons. The van der Waals surface area contributed by atoms with E-state index < -0.39 is 0 Å². The highest BCUT2D eigenvalue weighted by Crippen LogP contribution is 2.41. The molecule has 2 aromatic carbocycles. The van der Waals surface area contributed by atoms with E-state index in [9.17, 15) is 9.59 Å². The van der Waals surface area contributed by atoms with Gasteiger partial charge in [0, 0.05) is 36.1 Å². The van der Waals surface area contributed by atoms with E-state index in [0.29, 0.717) is 24.3 Å². The van der Waals surface area contributed by atoms with Crippen LogP contribution in [0.5, 0.6) is 0 Å². The summed E-state index contributed by atoms with van der Waals surface area (Å²) >= 11 is 1.54. The van der Waals surface area contributed by atoms with Crippen LogP contribution in [0.25, 0.3) is 0 Å². The summed E-state index contributed by atoms with van der Waals surface area (Å²) < 4.78 is 4.93. The molecular formula is C18H18N2O3S. The van der Waals surface area contributed by atoms with E-state index in [4.69, 9.17) is 4.74 Å². The molecule has 5 nitrogen and oxygen atoms in total. The van der Waals surface area contributed by atoms with Crippen molar-refractivity contribution in [3.63, 3.8) is 0 Å². The SMILES string of the molecule is COCCNC(=O)c1ccc2c(c1)N(C)C(=O)c1ccccc1S2. The maximum Gasteiger partial charge on any atom is 0.259 e. The van der Waals surface area contributed by atoms with Gasteiger partial charge in [-0.15, -0.1) is 0 Å². The van der Waals surface area contributed by atoms with Crippen LogP contribution in [0.2, 0.25) is 0 Å². The molecule has 0 atom stereocenters. The molecule has 0 bridgehead atoms. The van der Waals surface area contributed by atoms with E-state index in [2.05, 4.69) is 5.32 Å². The van der Waals surface area contributed by atoms with Gasteiger partial charge in [-0.1, -0.05) is 23.9 Å². The summed E-state index contributed by atoms with van der Waals surface area (Å²) in [7, 11) is 3.32. The number of benzene rings is 2. The first kappa shape index (κ1) is 16.5. The summed E-state index contributed by atoms with van der Waals surface area (Å²) in [6, 6.07) is 13.0. The van der Waals surface area contributed by atoms with E-state index in [0.717, 1.165) is 15.5 Å². The molecule has 0 aliphatic carbocycles. The van der Waals surface area contributed by atoms with Crippen molar-refractivity contribution in [2.75, 3.05) is 32.2 Å². The fourth-order valence-corrected chi connectivity index (χ4v) is 3.60. The summed E-state index contributed by atoms with van der Waals surface area (Å²) in [6.07, 6.45) is 0. The van der Waals surface area contributed by atoms with E-state index in [1.807, 2.05) is 30.3 Å². The second-order valence-corrected chi connectivity index (χ2v) is 6.48. The molecule has 0 fully saturated rings. The minimum absolute atomic E-state index is 0.0752. The normalized spacial score (nSPS) is 13.1. The fourth-order valence-electron chi connectivity index (χ4n) is 2.52. The van der Waals surface area contributed by atoms with Gasteiger partial charge in [0.1, 0.15) is 0 Å². The van der Waals surface area contributed by atoms with E-state index in [1.54, 1.807) is 31.2 Å². The molecule has 0 unspecified atom stereocenters. The van der Waals surface area contributed by atoms with Gasteiger partial charge < -0.3 is 15.0 Å². The molecule has 2 amide bonds. The molecular weight excluding hydrogens is 324 g/mol. The first-order chi connectivity index (χ1) is 11.6. The van der Waals surface area contributed by atoms with Crippen LogP contribution in [-0.4, -0.2) is 39.1 Å². The van der Waals surface area contributed by atoms with Gasteiger partial charge in [-0.25, -0.2) is 0 Å². The average Bonchev–Trinajstić information content (AvgIpc) is 2.71. The number of amides is 2. The van der Waals surface area contributed by atoms with E-state index in [1.165, 1.54) is 11.8 Å². The average molecular weight is 342 g/mol. The van der Waals surface area contributed by atoms with Crippen LogP contribution in [0, 0.1) is 0 Å². The third-order valence-electron chi connectivity index (χ3n) is 3.82. The Balaban J connectivity index is 1.93. The van der Waals surface area contributed by atoms with Gasteiger partial charge in [0.15, 0.2) is 0 Å². The Labute approximate surface area is 145 Å². The predicted octanol–water partition coefficient (Wildman–Crippen LogP) is 2.80. The van der Waals surface area contributed by atoms with Crippen molar-refractivity contribution in [2.45, 2.75) is 9.79 Å². The summed E-state index contributed by atoms with van der Waals surface area (Å²) in [5, 5.41) is 2.79. The zero-order valence-electron chi connectivity index (χ0n) is 13.5. The molecule has 0 saturated carbocycles. The number of hydrogen-bond donors (Lipinski definition) is 1. The van der Waals surface area contributed by atoms with Gasteiger partial charge in [0.05, 0.1) is 17.9 Å². The molecule has 0 spiro atoms. The molecule has 0 radical (unpaired) electrons. The molecule has 2 aromatic rings. The standard InChI is InChI=1S/C18H18N2O3S/c1-20-14-11-12(17(21)19-9-10-23-2)7-8-16(14)24-15-6-4-3-5-13(15)18(20)22/h3-8,11H,9-10H2,1-2H3,(H,19,21). The highest BCUT2D eigenvalue weighted by Gasteiger charge is 2.25. The number of hydrogen-bond acceptors (Lipinski definition) is 4. The number of nitrogens with one attached hydrogen (secondary N) is 1. The highest BCUT2D eigenvalue weighted by atomic mass is 32.2. The number of methoxy groups -OCH3 is 1. The zero-order chi connectivity index (χ0) is 17.1. The Kier molecular flexibility index (Phi) is 4.87. The molecule has 6 heteroatoms. The summed E-state index contributed by atoms with van der Waals surface area (Å²) in [4.78, 5) is 28.4. The lowest BCUT2D eigenvalue weighted by Crippen LogP contribution is -2.28. The van der Waals surface area contributed by atoms with Gasteiger partial charge in [-0.3, -0.25) is 9.59 Å². The van der Waals surface area contributed by atoms with Crippen LogP contribution < -0.4 is 10.2 Å². The van der Waals surface area contributed by atoms with Crippen molar-refractivity contribution in [1.82, 2.24) is 5.32 Å². The van der Waals surface area contributed by atoms with Crippen LogP contribution in [0.4, 0.5) is 5.69 Å². The number of carbonyl (C=O) groups excluding carboxylic acids is 2. The van der Waals surface area contributed by atoms with E-state index >= 15 is 0 Å². The molecule has 1 aliphatic heterocycles. The Hall–Kier alpha value is -2.31. The van der Waals surface area contributed by atoms with Crippen molar-refractivity contribution in [2.24, 2.45) is 0 Å². The summed E-state index contributed by atoms with van der Waals surface area (Å²) in [5.41, 5.74) is 1.93. The smallest absolute Gasteiger partial charge is 0.259 e. The topological polar surface area (TPSA) is 58.6 Å². The Morgan fingerprint density at radius 3 is 2.79 bits per heavy atom. The highest BCUT2D eigenvalue weighted by molar-refractivity contribution is 7.99. The van der Waals surface area contributed by atoms with Crippen LogP contribution in [-0.2, 0) is 4.74 Å². The van der Waals surface area contributed by atoms with Crippen molar-refractivity contribution in [3.8, 4) is 0 Å². The van der Waals surface area contributed by atoms with Crippen LogP contribution >= 0.6 is 11.8 Å². The zero-order valence-corrected chi connectivity index (χ0v) is 14.4. The number of nitrogens with zero attached hydrogens (tertiary/aromatic N) is 1. The second kappa shape index (κ2) is 7.07. The minimum Gasteiger partial charge on any atom is -0.383 e. The van der Waals surface area contributed by atoms with Crippen LogP contribution in [0.3, 0.4) is 0 Å². The van der Waals surface area contributed by atoms with Crippen LogP contribution in [0.15, 0.2) is 52.3 Å². The van der Waals surface area contributed by atoms with Gasteiger partial charge in [0.25, 0.3) is 11.8 Å². The number of anilines is 1. The van der Waals surface area contributed by atoms with Crippen molar-refractivity contribution in [1.29, 1.82) is 0 Å². The lowest BCUT2D eigenvalue weighted by Gasteiger charge is -2.18. The monoisotopic (exact) mass is 342 g/mol. The van der Waals surface area contributed by atoms with Gasteiger partial charge in [-0.2, -0.15) is 0 Å².